The van der Waals surface area contributed by atoms with Crippen LogP contribution < -0.4 is 5.32 Å². The summed E-state index contributed by atoms with van der Waals surface area (Å²) in [6.45, 7) is 0.396. The summed E-state index contributed by atoms with van der Waals surface area (Å²) in [4.78, 5) is 22.2. The molecule has 1 amide bonds. The molecule has 0 bridgehead atoms. The molecule has 6 heteroatoms. The number of nitrogens with zero attached hydrogens (tertiary/aromatic N) is 1. The number of rotatable bonds is 8. The fourth-order valence-corrected chi connectivity index (χ4v) is 1.76. The van der Waals surface area contributed by atoms with E-state index in [0.29, 0.717) is 31.4 Å². The number of carboxylic acid groups (broad SMARTS) is 1. The molecule has 1 aromatic carbocycles. The summed E-state index contributed by atoms with van der Waals surface area (Å²) in [7, 11) is 0. The molecule has 6 nitrogen and oxygen atoms in total. The van der Waals surface area contributed by atoms with Gasteiger partial charge in [0, 0.05) is 13.0 Å². The monoisotopic (exact) mass is 302 g/mol. The number of aromatic hydroxyl groups is 1. The first-order valence-corrected chi connectivity index (χ1v) is 6.93. The average molecular weight is 302 g/mol. The van der Waals surface area contributed by atoms with Crippen molar-refractivity contribution in [3.8, 4) is 11.8 Å². The fraction of sp³-hybridized carbons (Fsp3) is 0.312. The van der Waals surface area contributed by atoms with E-state index in [2.05, 4.69) is 5.32 Å². The molecule has 0 atom stereocenters. The molecular weight excluding hydrogens is 284 g/mol. The SMILES string of the molecule is N#C/C(=C\c1ccc(O)cc1)C(=O)NCCCCCC(=O)O. The molecule has 0 aliphatic heterocycles. The summed E-state index contributed by atoms with van der Waals surface area (Å²) >= 11 is 0. The molecule has 0 heterocycles. The van der Waals surface area contributed by atoms with E-state index in [1.54, 1.807) is 12.1 Å². The van der Waals surface area contributed by atoms with E-state index < -0.39 is 11.9 Å². The van der Waals surface area contributed by atoms with Crippen molar-refractivity contribution in [2.24, 2.45) is 0 Å². The van der Waals surface area contributed by atoms with Gasteiger partial charge in [-0.2, -0.15) is 5.26 Å². The minimum absolute atomic E-state index is 0.0174. The summed E-state index contributed by atoms with van der Waals surface area (Å²) in [6, 6.07) is 7.99. The molecule has 0 aliphatic rings. The summed E-state index contributed by atoms with van der Waals surface area (Å²) in [5.74, 6) is -1.18. The zero-order chi connectivity index (χ0) is 16.4. The molecule has 0 saturated heterocycles. The van der Waals surface area contributed by atoms with Crippen LogP contribution in [0.3, 0.4) is 0 Å². The predicted molar refractivity (Wildman–Crippen MR) is 80.8 cm³/mol. The molecule has 116 valence electrons. The summed E-state index contributed by atoms with van der Waals surface area (Å²) in [5.41, 5.74) is 0.627. The molecule has 22 heavy (non-hydrogen) atoms. The molecule has 1 rings (SSSR count). The second-order valence-corrected chi connectivity index (χ2v) is 4.72. The van der Waals surface area contributed by atoms with Crippen molar-refractivity contribution in [3.05, 3.63) is 35.4 Å². The fourth-order valence-electron chi connectivity index (χ4n) is 1.76. The number of unbranched alkanes of at least 4 members (excludes halogenated alkanes) is 2. The number of nitriles is 1. The zero-order valence-corrected chi connectivity index (χ0v) is 12.1. The van der Waals surface area contributed by atoms with Crippen LogP contribution in [0.2, 0.25) is 0 Å². The van der Waals surface area contributed by atoms with Crippen LogP contribution in [0.1, 0.15) is 31.2 Å². The Morgan fingerprint density at radius 3 is 2.45 bits per heavy atom. The van der Waals surface area contributed by atoms with Crippen LogP contribution in [0.4, 0.5) is 0 Å². The Morgan fingerprint density at radius 1 is 1.18 bits per heavy atom. The Morgan fingerprint density at radius 2 is 1.86 bits per heavy atom. The van der Waals surface area contributed by atoms with E-state index in [1.807, 2.05) is 6.07 Å². The summed E-state index contributed by atoms with van der Waals surface area (Å²) in [5, 5.41) is 29.3. The molecule has 3 N–H and O–H groups in total. The van der Waals surface area contributed by atoms with E-state index in [1.165, 1.54) is 18.2 Å². The third-order valence-electron chi connectivity index (χ3n) is 2.92. The van der Waals surface area contributed by atoms with E-state index in [0.717, 1.165) is 0 Å². The van der Waals surface area contributed by atoms with Crippen LogP contribution in [-0.2, 0) is 9.59 Å². The number of aliphatic carboxylic acids is 1. The highest BCUT2D eigenvalue weighted by Gasteiger charge is 2.08. The molecule has 0 radical (unpaired) electrons. The Hall–Kier alpha value is -2.81. The van der Waals surface area contributed by atoms with E-state index in [4.69, 9.17) is 10.4 Å². The van der Waals surface area contributed by atoms with Gasteiger partial charge in [-0.15, -0.1) is 0 Å². The van der Waals surface area contributed by atoms with Gasteiger partial charge in [-0.05, 0) is 36.6 Å². The Labute approximate surface area is 128 Å². The second kappa shape index (κ2) is 9.19. The maximum atomic E-state index is 11.8. The Bertz CT molecular complexity index is 585. The lowest BCUT2D eigenvalue weighted by Gasteiger charge is -2.04. The minimum atomic E-state index is -0.826. The number of phenols is 1. The van der Waals surface area contributed by atoms with Gasteiger partial charge in [-0.3, -0.25) is 9.59 Å². The third kappa shape index (κ3) is 6.57. The number of nitrogens with one attached hydrogen (secondary N) is 1. The van der Waals surface area contributed by atoms with Gasteiger partial charge in [-0.25, -0.2) is 0 Å². The van der Waals surface area contributed by atoms with Crippen molar-refractivity contribution < 1.29 is 19.8 Å². The topological polar surface area (TPSA) is 110 Å². The van der Waals surface area contributed by atoms with Crippen LogP contribution >= 0.6 is 0 Å². The van der Waals surface area contributed by atoms with Crippen molar-refractivity contribution >= 4 is 18.0 Å². The Kier molecular flexibility index (Phi) is 7.20. The highest BCUT2D eigenvalue weighted by molar-refractivity contribution is 6.01. The summed E-state index contributed by atoms with van der Waals surface area (Å²) < 4.78 is 0. The molecule has 0 unspecified atom stereocenters. The van der Waals surface area contributed by atoms with Gasteiger partial charge < -0.3 is 15.5 Å². The molecule has 0 spiro atoms. The van der Waals surface area contributed by atoms with Gasteiger partial charge in [0.25, 0.3) is 5.91 Å². The van der Waals surface area contributed by atoms with Crippen molar-refractivity contribution in [1.82, 2.24) is 5.32 Å². The van der Waals surface area contributed by atoms with Gasteiger partial charge >= 0.3 is 5.97 Å². The van der Waals surface area contributed by atoms with Crippen LogP contribution in [0.15, 0.2) is 29.8 Å². The second-order valence-electron chi connectivity index (χ2n) is 4.72. The highest BCUT2D eigenvalue weighted by atomic mass is 16.4. The minimum Gasteiger partial charge on any atom is -0.508 e. The lowest BCUT2D eigenvalue weighted by molar-refractivity contribution is -0.137. The molecule has 0 aliphatic carbocycles. The number of hydrogen-bond acceptors (Lipinski definition) is 4. The lowest BCUT2D eigenvalue weighted by Crippen LogP contribution is -2.25. The molecule has 1 aromatic rings. The van der Waals surface area contributed by atoms with Gasteiger partial charge in [0.1, 0.15) is 17.4 Å². The van der Waals surface area contributed by atoms with E-state index in [-0.39, 0.29) is 17.7 Å². The van der Waals surface area contributed by atoms with Gasteiger partial charge in [0.15, 0.2) is 0 Å². The standard InChI is InChI=1S/C16H18N2O4/c17-11-13(10-12-5-7-14(19)8-6-12)16(22)18-9-3-1-2-4-15(20)21/h5-8,10,19H,1-4,9H2,(H,18,22)(H,20,21)/b13-10+. The van der Waals surface area contributed by atoms with Crippen molar-refractivity contribution in [3.63, 3.8) is 0 Å². The van der Waals surface area contributed by atoms with E-state index in [9.17, 15) is 14.7 Å². The van der Waals surface area contributed by atoms with Crippen molar-refractivity contribution in [2.45, 2.75) is 25.7 Å². The van der Waals surface area contributed by atoms with Gasteiger partial charge in [0.05, 0.1) is 0 Å². The third-order valence-corrected chi connectivity index (χ3v) is 2.92. The number of hydrogen-bond donors (Lipinski definition) is 3. The van der Waals surface area contributed by atoms with Crippen LogP contribution in [0.5, 0.6) is 5.75 Å². The number of carbonyl (C=O) groups is 2. The van der Waals surface area contributed by atoms with Gasteiger partial charge in [-0.1, -0.05) is 18.6 Å². The van der Waals surface area contributed by atoms with Crippen molar-refractivity contribution in [2.75, 3.05) is 6.54 Å². The number of benzene rings is 1. The Balaban J connectivity index is 2.43. The lowest BCUT2D eigenvalue weighted by atomic mass is 10.1. The summed E-state index contributed by atoms with van der Waals surface area (Å²) in [6.07, 6.45) is 3.50. The van der Waals surface area contributed by atoms with Crippen LogP contribution in [0, 0.1) is 11.3 Å². The maximum Gasteiger partial charge on any atom is 0.303 e. The number of carbonyl (C=O) groups excluding carboxylic acids is 1. The number of amides is 1. The normalized spacial score (nSPS) is 10.8. The first kappa shape index (κ1) is 17.2. The quantitative estimate of drug-likeness (QED) is 0.387. The molecular formula is C16H18N2O4. The van der Waals surface area contributed by atoms with Crippen LogP contribution in [0.25, 0.3) is 6.08 Å². The average Bonchev–Trinajstić information content (AvgIpc) is 2.49. The van der Waals surface area contributed by atoms with Crippen LogP contribution in [-0.4, -0.2) is 28.6 Å². The highest BCUT2D eigenvalue weighted by Crippen LogP contribution is 2.12. The smallest absolute Gasteiger partial charge is 0.303 e. The zero-order valence-electron chi connectivity index (χ0n) is 12.1. The molecule has 0 fully saturated rings. The van der Waals surface area contributed by atoms with Gasteiger partial charge in [0.2, 0.25) is 0 Å². The number of carboxylic acids is 1. The first-order valence-electron chi connectivity index (χ1n) is 6.93. The molecule has 0 aromatic heterocycles. The predicted octanol–water partition coefficient (Wildman–Crippen LogP) is 2.06. The maximum absolute atomic E-state index is 11.8. The first-order chi connectivity index (χ1) is 10.5. The van der Waals surface area contributed by atoms with Crippen molar-refractivity contribution in [1.29, 1.82) is 5.26 Å². The largest absolute Gasteiger partial charge is 0.508 e. The number of phenolic OH excluding ortho intramolecular Hbond substituents is 1. The van der Waals surface area contributed by atoms with E-state index >= 15 is 0 Å². The molecule has 0 saturated carbocycles.